The Labute approximate surface area is 126 Å². The van der Waals surface area contributed by atoms with Crippen LogP contribution < -0.4 is 9.47 Å². The molecule has 0 amide bonds. The molecule has 106 valence electrons. The van der Waals surface area contributed by atoms with Gasteiger partial charge in [-0.25, -0.2) is 4.39 Å². The highest BCUT2D eigenvalue weighted by Gasteiger charge is 2.14. The number of ether oxygens (including phenoxy) is 2. The molecule has 0 aromatic heterocycles. The normalized spacial score (nSPS) is 12.0. The molecular formula is C16H16BrFO2. The second-order valence-corrected chi connectivity index (χ2v) is 5.51. The highest BCUT2D eigenvalue weighted by molar-refractivity contribution is 9.09. The molecule has 0 radical (unpaired) electrons. The van der Waals surface area contributed by atoms with Gasteiger partial charge in [0.1, 0.15) is 17.3 Å². The quantitative estimate of drug-likeness (QED) is 0.746. The van der Waals surface area contributed by atoms with Crippen LogP contribution in [-0.4, -0.2) is 14.2 Å². The number of methoxy groups -OCH3 is 2. The van der Waals surface area contributed by atoms with Crippen molar-refractivity contribution in [2.45, 2.75) is 11.2 Å². The van der Waals surface area contributed by atoms with E-state index in [0.717, 1.165) is 11.3 Å². The maximum Gasteiger partial charge on any atom is 0.131 e. The molecule has 0 aliphatic heterocycles. The molecule has 0 bridgehead atoms. The Bertz CT molecular complexity index is 569. The van der Waals surface area contributed by atoms with Gasteiger partial charge in [-0.1, -0.05) is 34.1 Å². The summed E-state index contributed by atoms with van der Waals surface area (Å²) < 4.78 is 24.1. The van der Waals surface area contributed by atoms with E-state index in [1.165, 1.54) is 13.2 Å². The van der Waals surface area contributed by atoms with Crippen LogP contribution in [0.15, 0.2) is 42.5 Å². The summed E-state index contributed by atoms with van der Waals surface area (Å²) in [5.74, 6) is 1.07. The van der Waals surface area contributed by atoms with Gasteiger partial charge in [0.25, 0.3) is 0 Å². The number of halogens is 2. The fraction of sp³-hybridized carbons (Fsp3) is 0.250. The molecule has 2 aromatic rings. The largest absolute Gasteiger partial charge is 0.497 e. The number of hydrogen-bond acceptors (Lipinski definition) is 2. The summed E-state index contributed by atoms with van der Waals surface area (Å²) in [6, 6.07) is 12.7. The molecule has 0 aliphatic rings. The van der Waals surface area contributed by atoms with Crippen LogP contribution in [0.3, 0.4) is 0 Å². The summed E-state index contributed by atoms with van der Waals surface area (Å²) in [4.78, 5) is -0.0817. The van der Waals surface area contributed by atoms with Crippen molar-refractivity contribution >= 4 is 15.9 Å². The molecule has 0 fully saturated rings. The van der Waals surface area contributed by atoms with E-state index in [-0.39, 0.29) is 10.6 Å². The summed E-state index contributed by atoms with van der Waals surface area (Å²) in [5, 5.41) is 0. The topological polar surface area (TPSA) is 18.5 Å². The molecule has 1 atom stereocenters. The fourth-order valence-corrected chi connectivity index (χ4v) is 2.71. The van der Waals surface area contributed by atoms with Crippen LogP contribution >= 0.6 is 15.9 Å². The molecule has 20 heavy (non-hydrogen) atoms. The standard InChI is InChI=1S/C16H16BrFO2/c1-19-12-5-3-11(4-6-12)9-15(17)14-8-7-13(20-2)10-16(14)18/h3-8,10,15H,9H2,1-2H3. The predicted molar refractivity (Wildman–Crippen MR) is 81.3 cm³/mol. The average molecular weight is 339 g/mol. The van der Waals surface area contributed by atoms with Gasteiger partial charge in [-0.3, -0.25) is 0 Å². The van der Waals surface area contributed by atoms with Gasteiger partial charge in [-0.05, 0) is 30.2 Å². The molecule has 0 aliphatic carbocycles. The first-order chi connectivity index (χ1) is 9.63. The SMILES string of the molecule is COc1ccc(CC(Br)c2ccc(OC)cc2F)cc1. The summed E-state index contributed by atoms with van der Waals surface area (Å²) >= 11 is 3.54. The maximum absolute atomic E-state index is 14.0. The van der Waals surface area contributed by atoms with Gasteiger partial charge in [0, 0.05) is 16.5 Å². The van der Waals surface area contributed by atoms with E-state index in [2.05, 4.69) is 15.9 Å². The lowest BCUT2D eigenvalue weighted by Gasteiger charge is -2.12. The Morgan fingerprint density at radius 3 is 2.15 bits per heavy atom. The van der Waals surface area contributed by atoms with E-state index >= 15 is 0 Å². The molecule has 0 N–H and O–H groups in total. The third kappa shape index (κ3) is 3.51. The van der Waals surface area contributed by atoms with E-state index in [4.69, 9.17) is 9.47 Å². The molecule has 2 nitrogen and oxygen atoms in total. The summed E-state index contributed by atoms with van der Waals surface area (Å²) in [6.07, 6.45) is 0.702. The Hall–Kier alpha value is -1.55. The fourth-order valence-electron chi connectivity index (χ4n) is 1.97. The molecular weight excluding hydrogens is 323 g/mol. The monoisotopic (exact) mass is 338 g/mol. The number of benzene rings is 2. The van der Waals surface area contributed by atoms with Crippen LogP contribution in [0.2, 0.25) is 0 Å². The molecule has 0 saturated carbocycles. The van der Waals surface area contributed by atoms with Gasteiger partial charge in [-0.15, -0.1) is 0 Å². The third-order valence-corrected chi connectivity index (χ3v) is 3.94. The van der Waals surface area contributed by atoms with Crippen LogP contribution in [0.1, 0.15) is 16.0 Å². The second-order valence-electron chi connectivity index (χ2n) is 4.41. The van der Waals surface area contributed by atoms with Crippen LogP contribution in [0.5, 0.6) is 11.5 Å². The van der Waals surface area contributed by atoms with Crippen molar-refractivity contribution in [3.63, 3.8) is 0 Å². The lowest BCUT2D eigenvalue weighted by Crippen LogP contribution is -1.99. The van der Waals surface area contributed by atoms with Crippen molar-refractivity contribution in [2.24, 2.45) is 0 Å². The smallest absolute Gasteiger partial charge is 0.131 e. The number of hydrogen-bond donors (Lipinski definition) is 0. The van der Waals surface area contributed by atoms with Gasteiger partial charge in [-0.2, -0.15) is 0 Å². The minimum absolute atomic E-state index is 0.0817. The predicted octanol–water partition coefficient (Wildman–Crippen LogP) is 4.52. The van der Waals surface area contributed by atoms with Gasteiger partial charge in [0.15, 0.2) is 0 Å². The van der Waals surface area contributed by atoms with Crippen molar-refractivity contribution in [1.29, 1.82) is 0 Å². The van der Waals surface area contributed by atoms with Gasteiger partial charge < -0.3 is 9.47 Å². The first-order valence-corrected chi connectivity index (χ1v) is 7.16. The average Bonchev–Trinajstić information content (AvgIpc) is 2.47. The van der Waals surface area contributed by atoms with Crippen molar-refractivity contribution in [2.75, 3.05) is 14.2 Å². The van der Waals surface area contributed by atoms with Crippen molar-refractivity contribution < 1.29 is 13.9 Å². The molecule has 2 rings (SSSR count). The first-order valence-electron chi connectivity index (χ1n) is 6.24. The summed E-state index contributed by atoms with van der Waals surface area (Å²) in [7, 11) is 3.16. The van der Waals surface area contributed by atoms with E-state index in [9.17, 15) is 4.39 Å². The van der Waals surface area contributed by atoms with Crippen molar-refractivity contribution in [3.8, 4) is 11.5 Å². The van der Waals surface area contributed by atoms with E-state index in [0.29, 0.717) is 17.7 Å². The van der Waals surface area contributed by atoms with Crippen molar-refractivity contribution in [3.05, 3.63) is 59.4 Å². The maximum atomic E-state index is 14.0. The molecule has 1 unspecified atom stereocenters. The molecule has 0 saturated heterocycles. The zero-order valence-electron chi connectivity index (χ0n) is 11.4. The zero-order valence-corrected chi connectivity index (χ0v) is 13.0. The second kappa shape index (κ2) is 6.75. The van der Waals surface area contributed by atoms with E-state index in [1.54, 1.807) is 19.2 Å². The molecule has 0 spiro atoms. The molecule has 0 heterocycles. The third-order valence-electron chi connectivity index (χ3n) is 3.12. The minimum atomic E-state index is -0.264. The molecule has 2 aromatic carbocycles. The van der Waals surface area contributed by atoms with Crippen molar-refractivity contribution in [1.82, 2.24) is 0 Å². The number of alkyl halides is 1. The Balaban J connectivity index is 2.12. The lowest BCUT2D eigenvalue weighted by molar-refractivity contribution is 0.410. The lowest BCUT2D eigenvalue weighted by atomic mass is 10.0. The van der Waals surface area contributed by atoms with E-state index < -0.39 is 0 Å². The van der Waals surface area contributed by atoms with E-state index in [1.807, 2.05) is 24.3 Å². The Morgan fingerprint density at radius 2 is 1.60 bits per heavy atom. The van der Waals surface area contributed by atoms with Crippen LogP contribution in [0, 0.1) is 5.82 Å². The zero-order chi connectivity index (χ0) is 14.5. The highest BCUT2D eigenvalue weighted by atomic mass is 79.9. The minimum Gasteiger partial charge on any atom is -0.497 e. The highest BCUT2D eigenvalue weighted by Crippen LogP contribution is 2.31. The van der Waals surface area contributed by atoms with Crippen LogP contribution in [0.4, 0.5) is 4.39 Å². The first kappa shape index (κ1) is 14.9. The summed E-state index contributed by atoms with van der Waals surface area (Å²) in [6.45, 7) is 0. The molecule has 4 heteroatoms. The van der Waals surface area contributed by atoms with Gasteiger partial charge in [0.2, 0.25) is 0 Å². The Kier molecular flexibility index (Phi) is 5.01. The Morgan fingerprint density at radius 1 is 1.00 bits per heavy atom. The number of rotatable bonds is 5. The van der Waals surface area contributed by atoms with Gasteiger partial charge in [0.05, 0.1) is 14.2 Å². The van der Waals surface area contributed by atoms with Crippen LogP contribution in [-0.2, 0) is 6.42 Å². The summed E-state index contributed by atoms with van der Waals surface area (Å²) in [5.41, 5.74) is 1.74. The van der Waals surface area contributed by atoms with Gasteiger partial charge >= 0.3 is 0 Å². The van der Waals surface area contributed by atoms with Crippen LogP contribution in [0.25, 0.3) is 0 Å².